The van der Waals surface area contributed by atoms with Crippen molar-refractivity contribution in [3.05, 3.63) is 89.1 Å². The van der Waals surface area contributed by atoms with E-state index in [2.05, 4.69) is 11.1 Å². The monoisotopic (exact) mass is 453 g/mol. The Bertz CT molecular complexity index is 1620. The largest absolute Gasteiger partial charge is 0.361 e. The zero-order valence-electron chi connectivity index (χ0n) is 18.0. The summed E-state index contributed by atoms with van der Waals surface area (Å²) in [6.45, 7) is 1.83. The number of carbonyl (C=O) groups is 1. The number of aryl methyl sites for hydroxylation is 1. The predicted octanol–water partition coefficient (Wildman–Crippen LogP) is 4.97. The third kappa shape index (κ3) is 3.41. The average molecular weight is 454 g/mol. The number of aromatic nitrogens is 1. The van der Waals surface area contributed by atoms with Gasteiger partial charge in [-0.25, -0.2) is 8.42 Å². The Labute approximate surface area is 191 Å². The molecule has 0 aliphatic carbocycles. The maximum atomic E-state index is 13.7. The lowest BCUT2D eigenvalue weighted by molar-refractivity contribution is -0.112. The molecule has 0 spiro atoms. The molecule has 0 bridgehead atoms. The molecule has 1 N–H and O–H groups in total. The molecule has 33 heavy (non-hydrogen) atoms. The van der Waals surface area contributed by atoms with Crippen LogP contribution in [0.5, 0.6) is 0 Å². The second-order valence-electron chi connectivity index (χ2n) is 8.05. The van der Waals surface area contributed by atoms with Crippen LogP contribution < -0.4 is 4.90 Å². The number of amides is 1. The zero-order valence-corrected chi connectivity index (χ0v) is 18.8. The number of nitrogens with zero attached hydrogens (tertiary/aromatic N) is 2. The number of aromatic amines is 1. The van der Waals surface area contributed by atoms with Gasteiger partial charge in [0, 0.05) is 23.7 Å². The molecule has 7 heteroatoms. The number of carbonyl (C=O) groups excluding carboxylic acids is 1. The minimum absolute atomic E-state index is 0.184. The molecular formula is C26H19N3O3S. The minimum Gasteiger partial charge on any atom is -0.361 e. The van der Waals surface area contributed by atoms with Crippen molar-refractivity contribution in [2.75, 3.05) is 11.2 Å². The molecule has 4 aromatic rings. The third-order valence-electron chi connectivity index (χ3n) is 5.87. The van der Waals surface area contributed by atoms with E-state index < -0.39 is 9.84 Å². The number of sulfone groups is 1. The molecule has 0 unspecified atom stereocenters. The smallest absolute Gasteiger partial charge is 0.263 e. The highest BCUT2D eigenvalue weighted by Gasteiger charge is 2.34. The lowest BCUT2D eigenvalue weighted by Crippen LogP contribution is -2.20. The number of para-hydroxylation sites is 1. The molecule has 0 radical (unpaired) electrons. The first-order chi connectivity index (χ1) is 15.8. The van der Waals surface area contributed by atoms with Crippen LogP contribution in [0.4, 0.5) is 11.4 Å². The maximum absolute atomic E-state index is 13.7. The van der Waals surface area contributed by atoms with Crippen LogP contribution in [0.3, 0.4) is 0 Å². The Morgan fingerprint density at radius 1 is 1.06 bits per heavy atom. The molecule has 5 rings (SSSR count). The van der Waals surface area contributed by atoms with E-state index in [-0.39, 0.29) is 10.8 Å². The Morgan fingerprint density at radius 2 is 1.82 bits per heavy atom. The highest BCUT2D eigenvalue weighted by atomic mass is 32.2. The van der Waals surface area contributed by atoms with Crippen LogP contribution in [-0.2, 0) is 14.6 Å². The van der Waals surface area contributed by atoms with E-state index in [1.165, 1.54) is 12.1 Å². The van der Waals surface area contributed by atoms with Crippen molar-refractivity contribution in [1.82, 2.24) is 4.98 Å². The molecule has 1 aromatic heterocycles. The highest BCUT2D eigenvalue weighted by molar-refractivity contribution is 7.90. The molecule has 1 amide bonds. The van der Waals surface area contributed by atoms with E-state index in [9.17, 15) is 18.5 Å². The van der Waals surface area contributed by atoms with Crippen LogP contribution in [-0.4, -0.2) is 25.6 Å². The van der Waals surface area contributed by atoms with Crippen molar-refractivity contribution < 1.29 is 13.2 Å². The molecule has 0 atom stereocenters. The van der Waals surface area contributed by atoms with Gasteiger partial charge in [-0.3, -0.25) is 9.69 Å². The number of hydrogen-bond donors (Lipinski definition) is 1. The van der Waals surface area contributed by atoms with E-state index in [4.69, 9.17) is 0 Å². The first kappa shape index (κ1) is 20.7. The standard InChI is InChI=1S/C26H19N3O3S/c1-16-12-24-22(14-19(16)15-27)23(13-18-5-3-4-17-10-11-28-25(17)18)26(30)29(24)20-6-8-21(9-7-20)33(2,31)32/h3-14,28H,1-2H3/b23-13-. The van der Waals surface area contributed by atoms with Crippen molar-refractivity contribution in [1.29, 1.82) is 5.26 Å². The van der Waals surface area contributed by atoms with Crippen LogP contribution in [0.1, 0.15) is 22.3 Å². The average Bonchev–Trinajstić information content (AvgIpc) is 3.36. The number of nitrogens with one attached hydrogen (secondary N) is 1. The van der Waals surface area contributed by atoms with Gasteiger partial charge < -0.3 is 4.98 Å². The molecule has 2 heterocycles. The van der Waals surface area contributed by atoms with Gasteiger partial charge in [-0.1, -0.05) is 18.2 Å². The van der Waals surface area contributed by atoms with E-state index in [1.807, 2.05) is 49.5 Å². The van der Waals surface area contributed by atoms with E-state index in [1.54, 1.807) is 23.1 Å². The van der Waals surface area contributed by atoms with Gasteiger partial charge in [0.1, 0.15) is 0 Å². The Morgan fingerprint density at radius 3 is 2.52 bits per heavy atom. The summed E-state index contributed by atoms with van der Waals surface area (Å²) in [6, 6.07) is 19.8. The van der Waals surface area contributed by atoms with Gasteiger partial charge in [0.15, 0.2) is 9.84 Å². The quantitative estimate of drug-likeness (QED) is 0.443. The summed E-state index contributed by atoms with van der Waals surface area (Å²) in [5.41, 5.74) is 5.39. The van der Waals surface area contributed by atoms with E-state index in [0.717, 1.165) is 28.3 Å². The maximum Gasteiger partial charge on any atom is 0.263 e. The summed E-state index contributed by atoms with van der Waals surface area (Å²) in [4.78, 5) is 18.6. The number of benzene rings is 3. The lowest BCUT2D eigenvalue weighted by Gasteiger charge is -2.18. The molecule has 6 nitrogen and oxygen atoms in total. The third-order valence-corrected chi connectivity index (χ3v) is 7.00. The van der Waals surface area contributed by atoms with Crippen molar-refractivity contribution >= 4 is 49.7 Å². The molecular weight excluding hydrogens is 434 g/mol. The summed E-state index contributed by atoms with van der Waals surface area (Å²) in [6.07, 6.45) is 4.83. The predicted molar refractivity (Wildman–Crippen MR) is 129 cm³/mol. The van der Waals surface area contributed by atoms with Crippen LogP contribution in [0.2, 0.25) is 0 Å². The minimum atomic E-state index is -3.35. The highest BCUT2D eigenvalue weighted by Crippen LogP contribution is 2.44. The van der Waals surface area contributed by atoms with Gasteiger partial charge in [-0.05, 0) is 72.0 Å². The first-order valence-electron chi connectivity index (χ1n) is 10.3. The Kier molecular flexibility index (Phi) is 4.69. The van der Waals surface area contributed by atoms with Crippen molar-refractivity contribution in [3.8, 4) is 6.07 Å². The molecule has 1 aliphatic heterocycles. The zero-order chi connectivity index (χ0) is 23.3. The summed E-state index contributed by atoms with van der Waals surface area (Å²) in [5, 5.41) is 10.6. The molecule has 1 aliphatic rings. The van der Waals surface area contributed by atoms with Gasteiger partial charge in [-0.15, -0.1) is 0 Å². The number of fused-ring (bicyclic) bond motifs is 2. The van der Waals surface area contributed by atoms with Gasteiger partial charge in [0.05, 0.1) is 33.3 Å². The van der Waals surface area contributed by atoms with Gasteiger partial charge >= 0.3 is 0 Å². The van der Waals surface area contributed by atoms with Gasteiger partial charge in [0.2, 0.25) is 0 Å². The van der Waals surface area contributed by atoms with Gasteiger partial charge in [0.25, 0.3) is 5.91 Å². The molecule has 0 saturated carbocycles. The fourth-order valence-electron chi connectivity index (χ4n) is 4.18. The second-order valence-corrected chi connectivity index (χ2v) is 10.1. The SMILES string of the molecule is Cc1cc2c(cc1C#N)/C(=C/c1cccc3cc[nH]c13)C(=O)N2c1ccc(S(C)(=O)=O)cc1. The van der Waals surface area contributed by atoms with Crippen molar-refractivity contribution in [3.63, 3.8) is 0 Å². The number of rotatable bonds is 3. The molecule has 162 valence electrons. The van der Waals surface area contributed by atoms with Gasteiger partial charge in [-0.2, -0.15) is 5.26 Å². The van der Waals surface area contributed by atoms with Crippen LogP contribution in [0.15, 0.2) is 71.8 Å². The second kappa shape index (κ2) is 7.47. The topological polar surface area (TPSA) is 94.0 Å². The number of nitriles is 1. The Balaban J connectivity index is 1.71. The number of anilines is 2. The Hall–Kier alpha value is -4.15. The van der Waals surface area contributed by atoms with Crippen LogP contribution in [0.25, 0.3) is 22.6 Å². The fourth-order valence-corrected chi connectivity index (χ4v) is 4.81. The summed E-state index contributed by atoms with van der Waals surface area (Å²) >= 11 is 0. The van der Waals surface area contributed by atoms with Crippen LogP contribution in [0, 0.1) is 18.3 Å². The summed E-state index contributed by atoms with van der Waals surface area (Å²) in [5.74, 6) is -0.241. The van der Waals surface area contributed by atoms with E-state index >= 15 is 0 Å². The number of H-pyrrole nitrogens is 1. The van der Waals surface area contributed by atoms with Crippen LogP contribution >= 0.6 is 0 Å². The number of hydrogen-bond acceptors (Lipinski definition) is 4. The van der Waals surface area contributed by atoms with E-state index in [0.29, 0.717) is 28.1 Å². The summed E-state index contributed by atoms with van der Waals surface area (Å²) < 4.78 is 23.7. The van der Waals surface area contributed by atoms with Crippen molar-refractivity contribution in [2.45, 2.75) is 11.8 Å². The first-order valence-corrected chi connectivity index (χ1v) is 12.1. The summed E-state index contributed by atoms with van der Waals surface area (Å²) in [7, 11) is -3.35. The normalized spacial score (nSPS) is 14.6. The van der Waals surface area contributed by atoms with Crippen molar-refractivity contribution in [2.24, 2.45) is 0 Å². The molecule has 3 aromatic carbocycles. The fraction of sp³-hybridized carbons (Fsp3) is 0.0769. The lowest BCUT2D eigenvalue weighted by atomic mass is 9.98. The molecule has 0 fully saturated rings. The molecule has 0 saturated heterocycles.